The van der Waals surface area contributed by atoms with Crippen LogP contribution in [0.4, 0.5) is 0 Å². The first-order valence-corrected chi connectivity index (χ1v) is 9.27. The Hall–Kier alpha value is -3.15. The van der Waals surface area contributed by atoms with Crippen molar-refractivity contribution < 1.29 is 9.53 Å². The highest BCUT2D eigenvalue weighted by Crippen LogP contribution is 2.21. The van der Waals surface area contributed by atoms with Crippen molar-refractivity contribution in [2.75, 3.05) is 0 Å². The van der Waals surface area contributed by atoms with Crippen molar-refractivity contribution in [2.24, 2.45) is 0 Å². The van der Waals surface area contributed by atoms with Crippen LogP contribution in [-0.4, -0.2) is 5.97 Å². The summed E-state index contributed by atoms with van der Waals surface area (Å²) in [7, 11) is 0. The highest BCUT2D eigenvalue weighted by Gasteiger charge is 2.22. The Kier molecular flexibility index (Phi) is 5.49. The molecule has 0 saturated heterocycles. The zero-order valence-corrected chi connectivity index (χ0v) is 15.7. The summed E-state index contributed by atoms with van der Waals surface area (Å²) < 4.78 is 5.27. The Morgan fingerprint density at radius 2 is 1.54 bits per heavy atom. The second kappa shape index (κ2) is 7.84. The number of hydrogen-bond donors (Lipinski definition) is 0. The van der Waals surface area contributed by atoms with Gasteiger partial charge in [0, 0.05) is 23.3 Å². The van der Waals surface area contributed by atoms with E-state index in [1.165, 1.54) is 19.1 Å². The second-order valence-corrected chi connectivity index (χ2v) is 6.84. The first kappa shape index (κ1) is 19.6. The normalized spacial score (nSPS) is 12.4. The molecule has 0 heterocycles. The molecular weight excluding hydrogens is 360 g/mol. The van der Waals surface area contributed by atoms with Gasteiger partial charge < -0.3 is 4.74 Å². The lowest BCUT2D eigenvalue weighted by atomic mass is 9.97. The largest absolute Gasteiger partial charge is 0.458 e. The van der Waals surface area contributed by atoms with Crippen molar-refractivity contribution in [3.05, 3.63) is 87.2 Å². The molecule has 0 bridgehead atoms. The van der Waals surface area contributed by atoms with Gasteiger partial charge in [-0.15, -0.1) is 0 Å². The van der Waals surface area contributed by atoms with E-state index >= 15 is 0 Å². The zero-order valence-electron chi connectivity index (χ0n) is 15.7. The van der Waals surface area contributed by atoms with Crippen LogP contribution < -0.4 is 21.7 Å². The number of ether oxygens (including phenoxy) is 1. The number of benzene rings is 1. The van der Waals surface area contributed by atoms with Gasteiger partial charge in [0.05, 0.1) is 10.4 Å². The maximum absolute atomic E-state index is 13.1. The van der Waals surface area contributed by atoms with E-state index in [1.54, 1.807) is 12.1 Å². The topological polar surface area (TPSA) is 94.6 Å². The Morgan fingerprint density at radius 1 is 0.929 bits per heavy atom. The third kappa shape index (κ3) is 3.38. The van der Waals surface area contributed by atoms with Gasteiger partial charge >= 0.3 is 5.97 Å². The van der Waals surface area contributed by atoms with Crippen LogP contribution in [-0.2, 0) is 9.53 Å². The minimum absolute atomic E-state index is 0.0458. The molecule has 0 spiro atoms. The van der Waals surface area contributed by atoms with Crippen LogP contribution >= 0.6 is 0 Å². The molecule has 1 aromatic rings. The molecule has 0 radical (unpaired) electrons. The first-order chi connectivity index (χ1) is 13.4. The number of fused-ring (bicyclic) bond motifs is 1. The summed E-state index contributed by atoms with van der Waals surface area (Å²) in [6.45, 7) is 3.23. The SMILES string of the molecule is CCCCCC(OC(C)=O)c1cc(=O)c2c(=O)c3ccccc3c(=O)c=2c1=O. The van der Waals surface area contributed by atoms with Gasteiger partial charge in [0.25, 0.3) is 0 Å². The maximum atomic E-state index is 13.1. The highest BCUT2D eigenvalue weighted by atomic mass is 16.5. The Bertz CT molecular complexity index is 1310. The molecule has 144 valence electrons. The van der Waals surface area contributed by atoms with E-state index in [0.717, 1.165) is 18.9 Å². The van der Waals surface area contributed by atoms with Crippen molar-refractivity contribution in [2.45, 2.75) is 45.6 Å². The van der Waals surface area contributed by atoms with Crippen molar-refractivity contribution in [3.63, 3.8) is 0 Å². The van der Waals surface area contributed by atoms with E-state index in [2.05, 4.69) is 0 Å². The van der Waals surface area contributed by atoms with Crippen molar-refractivity contribution in [3.8, 4) is 0 Å². The number of esters is 1. The number of hydrogen-bond acceptors (Lipinski definition) is 6. The summed E-state index contributed by atoms with van der Waals surface area (Å²) in [6, 6.07) is 7.15. The average Bonchev–Trinajstić information content (AvgIpc) is 2.66. The molecule has 0 aromatic heterocycles. The van der Waals surface area contributed by atoms with E-state index in [-0.39, 0.29) is 16.3 Å². The zero-order chi connectivity index (χ0) is 20.4. The van der Waals surface area contributed by atoms with E-state index in [0.29, 0.717) is 12.8 Å². The van der Waals surface area contributed by atoms with Crippen LogP contribution in [0.2, 0.25) is 0 Å². The second-order valence-electron chi connectivity index (χ2n) is 6.84. The van der Waals surface area contributed by atoms with Gasteiger partial charge in [0.1, 0.15) is 6.10 Å². The average molecular weight is 380 g/mol. The predicted molar refractivity (Wildman–Crippen MR) is 105 cm³/mol. The fourth-order valence-corrected chi connectivity index (χ4v) is 3.55. The van der Waals surface area contributed by atoms with Gasteiger partial charge in [-0.05, 0) is 18.9 Å². The summed E-state index contributed by atoms with van der Waals surface area (Å²) in [6.07, 6.45) is 1.92. The molecule has 0 amide bonds. The molecule has 1 unspecified atom stereocenters. The molecule has 2 aliphatic rings. The maximum Gasteiger partial charge on any atom is 0.303 e. The number of rotatable bonds is 6. The Balaban J connectivity index is 2.37. The fourth-order valence-electron chi connectivity index (χ4n) is 3.55. The van der Waals surface area contributed by atoms with Gasteiger partial charge in [-0.2, -0.15) is 0 Å². The lowest BCUT2D eigenvalue weighted by Crippen LogP contribution is -2.32. The monoisotopic (exact) mass is 380 g/mol. The summed E-state index contributed by atoms with van der Waals surface area (Å²) >= 11 is 0. The van der Waals surface area contributed by atoms with E-state index in [4.69, 9.17) is 4.74 Å². The van der Waals surface area contributed by atoms with E-state index < -0.39 is 44.2 Å². The van der Waals surface area contributed by atoms with E-state index in [1.807, 2.05) is 6.92 Å². The minimum Gasteiger partial charge on any atom is -0.458 e. The molecule has 0 fully saturated rings. The summed E-state index contributed by atoms with van der Waals surface area (Å²) in [4.78, 5) is 62.9. The van der Waals surface area contributed by atoms with Crippen LogP contribution in [0.1, 0.15) is 51.2 Å². The third-order valence-corrected chi connectivity index (χ3v) is 4.87. The third-order valence-electron chi connectivity index (χ3n) is 4.87. The van der Waals surface area contributed by atoms with Crippen LogP contribution in [0, 0.1) is 10.4 Å². The fraction of sp³-hybridized carbons (Fsp3) is 0.318. The first-order valence-electron chi connectivity index (χ1n) is 9.27. The molecule has 2 aliphatic carbocycles. The molecule has 28 heavy (non-hydrogen) atoms. The molecule has 6 nitrogen and oxygen atoms in total. The molecule has 0 aliphatic heterocycles. The molecule has 6 heteroatoms. The summed E-state index contributed by atoms with van der Waals surface area (Å²) in [5.41, 5.74) is -2.75. The standard InChI is InChI=1S/C22H20O6/c1-3-4-5-10-17(28-12(2)23)15-11-16(24)18-19(22(15)27)21(26)14-9-7-6-8-13(14)20(18)25/h6-9,11,17H,3-5,10H2,1-2H3. The van der Waals surface area contributed by atoms with Crippen LogP contribution in [0.5, 0.6) is 0 Å². The smallest absolute Gasteiger partial charge is 0.303 e. The number of unbranched alkanes of at least 4 members (excludes halogenated alkanes) is 2. The Labute approximate surface area is 159 Å². The van der Waals surface area contributed by atoms with Gasteiger partial charge in [-0.25, -0.2) is 0 Å². The molecule has 0 saturated carbocycles. The molecule has 1 aromatic carbocycles. The van der Waals surface area contributed by atoms with Gasteiger partial charge in [-0.1, -0.05) is 44.0 Å². The van der Waals surface area contributed by atoms with Gasteiger partial charge in [-0.3, -0.25) is 24.0 Å². The van der Waals surface area contributed by atoms with Crippen LogP contribution in [0.25, 0.3) is 10.8 Å². The lowest BCUT2D eigenvalue weighted by Gasteiger charge is -2.16. The highest BCUT2D eigenvalue weighted by molar-refractivity contribution is 5.82. The predicted octanol–water partition coefficient (Wildman–Crippen LogP) is 2.07. The van der Waals surface area contributed by atoms with Crippen LogP contribution in [0.15, 0.2) is 49.5 Å². The van der Waals surface area contributed by atoms with Crippen molar-refractivity contribution >= 4 is 16.7 Å². The molecule has 3 rings (SSSR count). The van der Waals surface area contributed by atoms with E-state index in [9.17, 15) is 24.0 Å². The molecule has 0 N–H and O–H groups in total. The van der Waals surface area contributed by atoms with Crippen LogP contribution in [0.3, 0.4) is 0 Å². The Morgan fingerprint density at radius 3 is 2.11 bits per heavy atom. The van der Waals surface area contributed by atoms with Gasteiger partial charge in [0.15, 0.2) is 21.7 Å². The number of carbonyl (C=O) groups is 1. The minimum atomic E-state index is -0.922. The summed E-state index contributed by atoms with van der Waals surface area (Å²) in [5, 5.41) is -0.598. The molecular formula is C22H20O6. The summed E-state index contributed by atoms with van der Waals surface area (Å²) in [5.74, 6) is -0.584. The molecule has 1 atom stereocenters. The lowest BCUT2D eigenvalue weighted by molar-refractivity contribution is -0.147. The van der Waals surface area contributed by atoms with Gasteiger partial charge in [0.2, 0.25) is 0 Å². The van der Waals surface area contributed by atoms with Crippen molar-refractivity contribution in [1.82, 2.24) is 0 Å². The number of carbonyl (C=O) groups excluding carboxylic acids is 1. The van der Waals surface area contributed by atoms with Crippen molar-refractivity contribution in [1.29, 1.82) is 0 Å². The quantitative estimate of drug-likeness (QED) is 0.480.